The van der Waals surface area contributed by atoms with Gasteiger partial charge in [-0.2, -0.15) is 5.10 Å². The Balaban J connectivity index is 1.74. The number of halogens is 1. The maximum atomic E-state index is 13.1. The Morgan fingerprint density at radius 2 is 1.81 bits per heavy atom. The molecule has 0 aliphatic carbocycles. The first kappa shape index (κ1) is 21.6. The third kappa shape index (κ3) is 3.76. The Morgan fingerprint density at radius 3 is 2.50 bits per heavy atom. The molecule has 4 aromatic rings. The van der Waals surface area contributed by atoms with E-state index in [1.165, 1.54) is 14.2 Å². The van der Waals surface area contributed by atoms with Crippen molar-refractivity contribution in [2.24, 2.45) is 0 Å². The number of fused-ring (bicyclic) bond motifs is 1. The van der Waals surface area contributed by atoms with Gasteiger partial charge in [0.1, 0.15) is 11.5 Å². The first-order valence-electron chi connectivity index (χ1n) is 9.99. The fourth-order valence-corrected chi connectivity index (χ4v) is 3.95. The molecule has 0 unspecified atom stereocenters. The summed E-state index contributed by atoms with van der Waals surface area (Å²) in [4.78, 5) is 17.7. The minimum atomic E-state index is -0.346. The van der Waals surface area contributed by atoms with Gasteiger partial charge in [0, 0.05) is 17.8 Å². The fraction of sp³-hybridized carbons (Fsp3) is 0.208. The van der Waals surface area contributed by atoms with Crippen LogP contribution in [0.3, 0.4) is 0 Å². The van der Waals surface area contributed by atoms with Crippen LogP contribution in [0.15, 0.2) is 42.6 Å². The van der Waals surface area contributed by atoms with Crippen LogP contribution in [0.1, 0.15) is 27.3 Å². The van der Waals surface area contributed by atoms with Gasteiger partial charge in [-0.05, 0) is 32.4 Å². The fourth-order valence-electron chi connectivity index (χ4n) is 3.71. The number of hydrogen-bond acceptors (Lipinski definition) is 5. The number of aromatic nitrogens is 3. The number of carbonyl (C=O) groups is 1. The van der Waals surface area contributed by atoms with Gasteiger partial charge in [-0.3, -0.25) is 4.79 Å². The van der Waals surface area contributed by atoms with E-state index in [-0.39, 0.29) is 5.91 Å². The van der Waals surface area contributed by atoms with Crippen LogP contribution >= 0.6 is 11.6 Å². The molecule has 32 heavy (non-hydrogen) atoms. The number of ether oxygens (including phenoxy) is 2. The lowest BCUT2D eigenvalue weighted by Gasteiger charge is -2.14. The van der Waals surface area contributed by atoms with Crippen LogP contribution in [0.5, 0.6) is 11.5 Å². The predicted molar refractivity (Wildman–Crippen MR) is 125 cm³/mol. The number of hydrogen-bond donors (Lipinski definition) is 1. The van der Waals surface area contributed by atoms with Gasteiger partial charge < -0.3 is 14.8 Å². The van der Waals surface area contributed by atoms with Gasteiger partial charge in [0.15, 0.2) is 5.65 Å². The van der Waals surface area contributed by atoms with E-state index >= 15 is 0 Å². The molecule has 0 fully saturated rings. The van der Waals surface area contributed by atoms with Crippen molar-refractivity contribution in [1.29, 1.82) is 0 Å². The monoisotopic (exact) mass is 450 g/mol. The molecule has 1 amide bonds. The van der Waals surface area contributed by atoms with E-state index in [0.717, 1.165) is 22.4 Å². The van der Waals surface area contributed by atoms with E-state index in [0.29, 0.717) is 39.1 Å². The largest absolute Gasteiger partial charge is 0.495 e. The molecular weight excluding hydrogens is 428 g/mol. The highest BCUT2D eigenvalue weighted by Gasteiger charge is 2.20. The van der Waals surface area contributed by atoms with E-state index < -0.39 is 0 Å². The molecule has 0 spiro atoms. The molecule has 0 aliphatic rings. The topological polar surface area (TPSA) is 77.8 Å². The summed E-state index contributed by atoms with van der Waals surface area (Å²) < 4.78 is 12.3. The number of aryl methyl sites for hydroxylation is 3. The summed E-state index contributed by atoms with van der Waals surface area (Å²) >= 11 is 6.23. The summed E-state index contributed by atoms with van der Waals surface area (Å²) in [5.41, 5.74) is 6.19. The van der Waals surface area contributed by atoms with E-state index in [1.807, 2.05) is 39.0 Å². The highest BCUT2D eigenvalue weighted by Crippen LogP contribution is 2.36. The smallest absolute Gasteiger partial charge is 0.259 e. The summed E-state index contributed by atoms with van der Waals surface area (Å²) in [6.07, 6.45) is 1.57. The number of benzene rings is 2. The molecule has 2 aromatic carbocycles. The lowest BCUT2D eigenvalue weighted by Crippen LogP contribution is -2.16. The Kier molecular flexibility index (Phi) is 5.76. The zero-order valence-corrected chi connectivity index (χ0v) is 19.2. The van der Waals surface area contributed by atoms with E-state index in [9.17, 15) is 4.79 Å². The highest BCUT2D eigenvalue weighted by atomic mass is 35.5. The second-order valence-electron chi connectivity index (χ2n) is 7.46. The molecule has 0 saturated heterocycles. The molecule has 0 aliphatic heterocycles. The molecule has 7 nitrogen and oxygen atoms in total. The average molecular weight is 451 g/mol. The molecule has 0 bridgehead atoms. The van der Waals surface area contributed by atoms with Crippen molar-refractivity contribution in [3.05, 3.63) is 70.1 Å². The zero-order chi connectivity index (χ0) is 23.0. The Morgan fingerprint density at radius 1 is 1.06 bits per heavy atom. The van der Waals surface area contributed by atoms with Crippen LogP contribution in [0.4, 0.5) is 5.69 Å². The lowest BCUT2D eigenvalue weighted by molar-refractivity contribution is 0.102. The summed E-state index contributed by atoms with van der Waals surface area (Å²) in [6, 6.07) is 11.4. The molecule has 2 heterocycles. The second-order valence-corrected chi connectivity index (χ2v) is 7.87. The Labute approximate surface area is 191 Å². The zero-order valence-electron chi connectivity index (χ0n) is 18.5. The quantitative estimate of drug-likeness (QED) is 0.449. The van der Waals surface area contributed by atoms with Crippen molar-refractivity contribution in [2.45, 2.75) is 20.8 Å². The van der Waals surface area contributed by atoms with Crippen LogP contribution in [0, 0.1) is 20.8 Å². The minimum absolute atomic E-state index is 0.346. The van der Waals surface area contributed by atoms with Crippen LogP contribution < -0.4 is 14.8 Å². The van der Waals surface area contributed by atoms with Crippen molar-refractivity contribution in [3.8, 4) is 22.6 Å². The maximum Gasteiger partial charge on any atom is 0.259 e. The van der Waals surface area contributed by atoms with Crippen LogP contribution in [-0.2, 0) is 0 Å². The summed E-state index contributed by atoms with van der Waals surface area (Å²) in [5, 5.41) is 7.86. The van der Waals surface area contributed by atoms with Gasteiger partial charge in [0.05, 0.1) is 41.9 Å². The van der Waals surface area contributed by atoms with Crippen molar-refractivity contribution in [1.82, 2.24) is 14.6 Å². The van der Waals surface area contributed by atoms with E-state index in [4.69, 9.17) is 21.1 Å². The normalized spacial score (nSPS) is 10.9. The third-order valence-corrected chi connectivity index (χ3v) is 5.63. The van der Waals surface area contributed by atoms with E-state index in [1.54, 1.807) is 22.8 Å². The van der Waals surface area contributed by atoms with Crippen LogP contribution in [0.25, 0.3) is 16.8 Å². The van der Waals surface area contributed by atoms with Crippen molar-refractivity contribution in [2.75, 3.05) is 19.5 Å². The second kappa shape index (κ2) is 8.51. The average Bonchev–Trinajstić information content (AvgIpc) is 3.11. The number of amides is 1. The number of methoxy groups -OCH3 is 2. The molecule has 0 atom stereocenters. The number of carbonyl (C=O) groups excluding carboxylic acids is 1. The number of nitrogens with zero attached hydrogens (tertiary/aromatic N) is 3. The third-order valence-electron chi connectivity index (χ3n) is 5.33. The lowest BCUT2D eigenvalue weighted by atomic mass is 10.0. The first-order chi connectivity index (χ1) is 15.3. The highest BCUT2D eigenvalue weighted by molar-refractivity contribution is 6.32. The number of nitrogens with one attached hydrogen (secondary N) is 1. The van der Waals surface area contributed by atoms with Gasteiger partial charge >= 0.3 is 0 Å². The summed E-state index contributed by atoms with van der Waals surface area (Å²) in [6.45, 7) is 5.83. The molecule has 0 saturated carbocycles. The minimum Gasteiger partial charge on any atom is -0.495 e. The van der Waals surface area contributed by atoms with Crippen molar-refractivity contribution in [3.63, 3.8) is 0 Å². The first-order valence-corrected chi connectivity index (χ1v) is 10.4. The number of anilines is 1. The van der Waals surface area contributed by atoms with Crippen LogP contribution in [0.2, 0.25) is 5.02 Å². The summed E-state index contributed by atoms with van der Waals surface area (Å²) in [5.74, 6) is 0.543. The van der Waals surface area contributed by atoms with Gasteiger partial charge in [-0.25, -0.2) is 9.50 Å². The summed E-state index contributed by atoms with van der Waals surface area (Å²) in [7, 11) is 3.02. The molecule has 0 radical (unpaired) electrons. The van der Waals surface area contributed by atoms with Gasteiger partial charge in [0.25, 0.3) is 5.91 Å². The van der Waals surface area contributed by atoms with Gasteiger partial charge in [0.2, 0.25) is 0 Å². The van der Waals surface area contributed by atoms with Crippen molar-refractivity contribution < 1.29 is 14.3 Å². The molecule has 8 heteroatoms. The molecular formula is C24H23ClN4O3. The predicted octanol–water partition coefficient (Wildman–Crippen LogP) is 5.24. The standard InChI is InChI=1S/C24H23ClN4O3/c1-13-7-6-8-16(9-13)22-14(2)28-29-15(3)17(12-26-23(22)29)24(30)27-19-10-18(25)20(31-4)11-21(19)32-5/h6-12H,1-5H3,(H,27,30). The Bertz CT molecular complexity index is 1350. The van der Waals surface area contributed by atoms with Crippen molar-refractivity contribution >= 4 is 28.8 Å². The Hall–Kier alpha value is -3.58. The number of rotatable bonds is 5. The maximum absolute atomic E-state index is 13.1. The SMILES string of the molecule is COc1cc(OC)c(NC(=O)c2cnc3c(-c4cccc(C)c4)c(C)nn3c2C)cc1Cl. The molecule has 164 valence electrons. The van der Waals surface area contributed by atoms with Gasteiger partial charge in [-0.15, -0.1) is 0 Å². The van der Waals surface area contributed by atoms with E-state index in [2.05, 4.69) is 21.5 Å². The molecule has 1 N–H and O–H groups in total. The van der Waals surface area contributed by atoms with Crippen LogP contribution in [-0.4, -0.2) is 34.7 Å². The molecule has 4 rings (SSSR count). The van der Waals surface area contributed by atoms with Gasteiger partial charge in [-0.1, -0.05) is 41.4 Å². The molecule has 2 aromatic heterocycles.